The van der Waals surface area contributed by atoms with Crippen LogP contribution < -0.4 is 5.56 Å². The minimum atomic E-state index is -0.119. The summed E-state index contributed by atoms with van der Waals surface area (Å²) in [6.07, 6.45) is 0.669. The molecule has 0 saturated carbocycles. The van der Waals surface area contributed by atoms with Crippen molar-refractivity contribution >= 4 is 0 Å². The molecule has 21 heavy (non-hydrogen) atoms. The number of aromatic nitrogens is 2. The van der Waals surface area contributed by atoms with Gasteiger partial charge in [-0.1, -0.05) is 6.07 Å². The fraction of sp³-hybridized carbons (Fsp3) is 0.333. The van der Waals surface area contributed by atoms with Crippen LogP contribution in [-0.4, -0.2) is 31.6 Å². The van der Waals surface area contributed by atoms with E-state index in [0.29, 0.717) is 25.3 Å². The molecule has 3 N–H and O–H groups in total. The van der Waals surface area contributed by atoms with Gasteiger partial charge >= 0.3 is 0 Å². The van der Waals surface area contributed by atoms with Gasteiger partial charge in [0.05, 0.1) is 5.69 Å². The van der Waals surface area contributed by atoms with Crippen LogP contribution in [-0.2, 0) is 19.5 Å². The summed E-state index contributed by atoms with van der Waals surface area (Å²) in [6.45, 7) is 3.80. The Kier molecular flexibility index (Phi) is 3.39. The van der Waals surface area contributed by atoms with Gasteiger partial charge in [0.25, 0.3) is 5.56 Å². The van der Waals surface area contributed by atoms with E-state index >= 15 is 0 Å². The Bertz CT molecular complexity index is 739. The highest BCUT2D eigenvalue weighted by atomic mass is 16.3. The van der Waals surface area contributed by atoms with Crippen LogP contribution in [0.2, 0.25) is 0 Å². The number of benzene rings is 1. The van der Waals surface area contributed by atoms with Crippen molar-refractivity contribution in [2.24, 2.45) is 0 Å². The Hall–Kier alpha value is -2.34. The fourth-order valence-electron chi connectivity index (χ4n) is 2.68. The lowest BCUT2D eigenvalue weighted by Gasteiger charge is -2.27. The lowest BCUT2D eigenvalue weighted by atomic mass is 10.1. The van der Waals surface area contributed by atoms with Crippen LogP contribution in [0.1, 0.15) is 22.6 Å². The average Bonchev–Trinajstić information content (AvgIpc) is 2.42. The van der Waals surface area contributed by atoms with E-state index in [1.54, 1.807) is 19.1 Å². The molecule has 2 aromatic rings. The summed E-state index contributed by atoms with van der Waals surface area (Å²) in [6, 6.07) is 4.82. The van der Waals surface area contributed by atoms with Crippen molar-refractivity contribution in [1.82, 2.24) is 14.9 Å². The summed E-state index contributed by atoms with van der Waals surface area (Å²) >= 11 is 0. The second-order valence-electron chi connectivity index (χ2n) is 5.36. The second-order valence-corrected chi connectivity index (χ2v) is 5.36. The van der Waals surface area contributed by atoms with Gasteiger partial charge in [-0.15, -0.1) is 0 Å². The Labute approximate surface area is 121 Å². The van der Waals surface area contributed by atoms with Crippen LogP contribution in [0.4, 0.5) is 0 Å². The Morgan fingerprint density at radius 1 is 1.33 bits per heavy atom. The van der Waals surface area contributed by atoms with E-state index in [4.69, 9.17) is 0 Å². The summed E-state index contributed by atoms with van der Waals surface area (Å²) in [5, 5.41) is 18.9. The second kappa shape index (κ2) is 5.21. The third-order valence-electron chi connectivity index (χ3n) is 3.72. The predicted molar refractivity (Wildman–Crippen MR) is 77.2 cm³/mol. The summed E-state index contributed by atoms with van der Waals surface area (Å²) in [5.74, 6) is 0.393. The molecule has 0 aliphatic carbocycles. The molecule has 110 valence electrons. The molecule has 0 fully saturated rings. The molecule has 0 spiro atoms. The number of H-pyrrole nitrogens is 1. The molecule has 0 bridgehead atoms. The standard InChI is InChI=1S/C15H17N3O3/c1-9-16-12-8-18(5-4-11(12)15(21)17-9)7-10-2-3-13(19)14(20)6-10/h2-3,6,19-20H,4-5,7-8H2,1H3,(H,16,17,21). The summed E-state index contributed by atoms with van der Waals surface area (Å²) < 4.78 is 0. The first kappa shape index (κ1) is 13.6. The van der Waals surface area contributed by atoms with Crippen molar-refractivity contribution in [3.05, 3.63) is 51.2 Å². The molecule has 0 unspecified atom stereocenters. The summed E-state index contributed by atoms with van der Waals surface area (Å²) in [7, 11) is 0. The molecule has 1 aliphatic heterocycles. The van der Waals surface area contributed by atoms with E-state index in [0.717, 1.165) is 23.4 Å². The molecule has 0 amide bonds. The highest BCUT2D eigenvalue weighted by molar-refractivity contribution is 5.40. The maximum atomic E-state index is 11.9. The van der Waals surface area contributed by atoms with E-state index in [1.165, 1.54) is 6.07 Å². The number of phenols is 2. The smallest absolute Gasteiger partial charge is 0.254 e. The number of hydrogen-bond acceptors (Lipinski definition) is 5. The quantitative estimate of drug-likeness (QED) is 0.718. The van der Waals surface area contributed by atoms with Gasteiger partial charge in [0, 0.05) is 25.2 Å². The molecule has 6 heteroatoms. The zero-order valence-corrected chi connectivity index (χ0v) is 11.8. The first-order valence-electron chi connectivity index (χ1n) is 6.85. The minimum absolute atomic E-state index is 0.0422. The summed E-state index contributed by atoms with van der Waals surface area (Å²) in [4.78, 5) is 21.2. The number of nitrogens with zero attached hydrogens (tertiary/aromatic N) is 2. The van der Waals surface area contributed by atoms with Gasteiger partial charge in [0.15, 0.2) is 11.5 Å². The molecule has 3 rings (SSSR count). The zero-order chi connectivity index (χ0) is 15.0. The van der Waals surface area contributed by atoms with Crippen molar-refractivity contribution in [2.75, 3.05) is 6.54 Å². The highest BCUT2D eigenvalue weighted by Crippen LogP contribution is 2.26. The number of hydrogen-bond donors (Lipinski definition) is 3. The summed E-state index contributed by atoms with van der Waals surface area (Å²) in [5.41, 5.74) is 2.46. The van der Waals surface area contributed by atoms with Crippen molar-refractivity contribution in [3.8, 4) is 11.5 Å². The lowest BCUT2D eigenvalue weighted by Crippen LogP contribution is -2.35. The van der Waals surface area contributed by atoms with Crippen molar-refractivity contribution < 1.29 is 10.2 Å². The SMILES string of the molecule is Cc1nc2c(c(=O)[nH]1)CCN(Cc1ccc(O)c(O)c1)C2. The first-order valence-corrected chi connectivity index (χ1v) is 6.85. The average molecular weight is 287 g/mol. The van der Waals surface area contributed by atoms with Crippen LogP contribution in [0.25, 0.3) is 0 Å². The van der Waals surface area contributed by atoms with Crippen LogP contribution in [0, 0.1) is 6.92 Å². The normalized spacial score (nSPS) is 14.9. The number of fused-ring (bicyclic) bond motifs is 1. The maximum Gasteiger partial charge on any atom is 0.254 e. The Morgan fingerprint density at radius 2 is 2.14 bits per heavy atom. The van der Waals surface area contributed by atoms with E-state index < -0.39 is 0 Å². The fourth-order valence-corrected chi connectivity index (χ4v) is 2.68. The largest absolute Gasteiger partial charge is 0.504 e. The van der Waals surface area contributed by atoms with Crippen LogP contribution in [0.15, 0.2) is 23.0 Å². The number of aryl methyl sites for hydroxylation is 1. The highest BCUT2D eigenvalue weighted by Gasteiger charge is 2.20. The van der Waals surface area contributed by atoms with Gasteiger partial charge < -0.3 is 15.2 Å². The Balaban J connectivity index is 1.80. The van der Waals surface area contributed by atoms with E-state index in [1.807, 2.05) is 0 Å². The number of aromatic amines is 1. The molecular weight excluding hydrogens is 270 g/mol. The van der Waals surface area contributed by atoms with Crippen molar-refractivity contribution in [3.63, 3.8) is 0 Å². The topological polar surface area (TPSA) is 89.5 Å². The zero-order valence-electron chi connectivity index (χ0n) is 11.8. The number of phenolic OH excluding ortho intramolecular Hbond substituents is 2. The van der Waals surface area contributed by atoms with Gasteiger partial charge in [-0.25, -0.2) is 4.98 Å². The molecule has 1 aliphatic rings. The van der Waals surface area contributed by atoms with E-state index in [2.05, 4.69) is 14.9 Å². The molecule has 1 aromatic carbocycles. The van der Waals surface area contributed by atoms with Gasteiger partial charge in [0.2, 0.25) is 0 Å². The van der Waals surface area contributed by atoms with Crippen LogP contribution in [0.3, 0.4) is 0 Å². The molecule has 6 nitrogen and oxygen atoms in total. The third-order valence-corrected chi connectivity index (χ3v) is 3.72. The molecular formula is C15H17N3O3. The third kappa shape index (κ3) is 2.75. The predicted octanol–water partition coefficient (Wildman–Crippen LogP) is 1.05. The molecule has 0 radical (unpaired) electrons. The first-order chi connectivity index (χ1) is 10.0. The number of rotatable bonds is 2. The maximum absolute atomic E-state index is 11.9. The van der Waals surface area contributed by atoms with Gasteiger partial charge in [-0.3, -0.25) is 9.69 Å². The van der Waals surface area contributed by atoms with Gasteiger partial charge in [-0.2, -0.15) is 0 Å². The van der Waals surface area contributed by atoms with Crippen molar-refractivity contribution in [1.29, 1.82) is 0 Å². The molecule has 0 atom stereocenters. The van der Waals surface area contributed by atoms with Crippen molar-refractivity contribution in [2.45, 2.75) is 26.4 Å². The monoisotopic (exact) mass is 287 g/mol. The number of aromatic hydroxyl groups is 2. The lowest BCUT2D eigenvalue weighted by molar-refractivity contribution is 0.239. The molecule has 0 saturated heterocycles. The molecule has 1 aromatic heterocycles. The van der Waals surface area contributed by atoms with E-state index in [9.17, 15) is 15.0 Å². The van der Waals surface area contributed by atoms with Gasteiger partial charge in [-0.05, 0) is 31.0 Å². The number of nitrogens with one attached hydrogen (secondary N) is 1. The van der Waals surface area contributed by atoms with Crippen LogP contribution >= 0.6 is 0 Å². The Morgan fingerprint density at radius 3 is 2.90 bits per heavy atom. The van der Waals surface area contributed by atoms with Gasteiger partial charge in [0.1, 0.15) is 5.82 Å². The van der Waals surface area contributed by atoms with Crippen LogP contribution in [0.5, 0.6) is 11.5 Å². The van der Waals surface area contributed by atoms with E-state index in [-0.39, 0.29) is 17.1 Å². The minimum Gasteiger partial charge on any atom is -0.504 e. The molecule has 2 heterocycles.